The van der Waals surface area contributed by atoms with E-state index in [-0.39, 0.29) is 18.3 Å². The second-order valence-electron chi connectivity index (χ2n) is 6.46. The molecule has 6 heteroatoms. The Labute approximate surface area is 162 Å². The molecule has 2 aromatic rings. The molecule has 0 spiro atoms. The topological polar surface area (TPSA) is 70.6 Å². The molecule has 0 amide bonds. The van der Waals surface area contributed by atoms with Gasteiger partial charge < -0.3 is 10.6 Å². The highest BCUT2D eigenvalue weighted by Crippen LogP contribution is 2.09. The van der Waals surface area contributed by atoms with Gasteiger partial charge in [0, 0.05) is 12.6 Å². The predicted octanol–water partition coefficient (Wildman–Crippen LogP) is 3.04. The van der Waals surface area contributed by atoms with Crippen molar-refractivity contribution in [1.82, 2.24) is 10.6 Å². The van der Waals surface area contributed by atoms with Crippen LogP contribution in [-0.2, 0) is 16.3 Å². The van der Waals surface area contributed by atoms with E-state index in [1.54, 1.807) is 30.3 Å². The zero-order valence-electron chi connectivity index (χ0n) is 16.1. The number of hydrogen-bond acceptors (Lipinski definition) is 3. The van der Waals surface area contributed by atoms with Gasteiger partial charge in [0.25, 0.3) is 0 Å². The molecule has 0 aliphatic heterocycles. The molecular formula is C21H29N3O2S. The van der Waals surface area contributed by atoms with Gasteiger partial charge in [-0.05, 0) is 44.4 Å². The van der Waals surface area contributed by atoms with Gasteiger partial charge in [0.1, 0.15) is 0 Å². The molecule has 0 bridgehead atoms. The average Bonchev–Trinajstić information content (AvgIpc) is 2.68. The molecule has 0 aromatic heterocycles. The van der Waals surface area contributed by atoms with Gasteiger partial charge in [0.15, 0.2) is 15.8 Å². The largest absolute Gasteiger partial charge is 0.357 e. The van der Waals surface area contributed by atoms with Crippen LogP contribution in [0.3, 0.4) is 0 Å². The monoisotopic (exact) mass is 387 g/mol. The Morgan fingerprint density at radius 2 is 1.67 bits per heavy atom. The smallest absolute Gasteiger partial charge is 0.191 e. The van der Waals surface area contributed by atoms with Crippen LogP contribution >= 0.6 is 0 Å². The maximum absolute atomic E-state index is 12.3. The number of rotatable bonds is 9. The number of aryl methyl sites for hydroxylation is 1. The van der Waals surface area contributed by atoms with E-state index in [4.69, 9.17) is 0 Å². The van der Waals surface area contributed by atoms with Gasteiger partial charge in [-0.2, -0.15) is 0 Å². The highest BCUT2D eigenvalue weighted by molar-refractivity contribution is 7.91. The molecule has 1 atom stereocenters. The maximum Gasteiger partial charge on any atom is 0.191 e. The Kier molecular flexibility index (Phi) is 8.33. The quantitative estimate of drug-likeness (QED) is 0.512. The number of guanidine groups is 1. The van der Waals surface area contributed by atoms with E-state index in [1.807, 2.05) is 25.1 Å². The third-order valence-corrected chi connectivity index (χ3v) is 5.88. The molecule has 5 nitrogen and oxygen atoms in total. The lowest BCUT2D eigenvalue weighted by molar-refractivity contribution is 0.591. The number of nitrogens with one attached hydrogen (secondary N) is 2. The van der Waals surface area contributed by atoms with Gasteiger partial charge in [0.05, 0.1) is 17.2 Å². The first kappa shape index (κ1) is 21.0. The van der Waals surface area contributed by atoms with Crippen LogP contribution in [0.5, 0.6) is 0 Å². The number of hydrogen-bond donors (Lipinski definition) is 2. The normalized spacial score (nSPS) is 13.2. The van der Waals surface area contributed by atoms with Crippen molar-refractivity contribution in [1.29, 1.82) is 0 Å². The summed E-state index contributed by atoms with van der Waals surface area (Å²) in [6, 6.07) is 19.1. The summed E-state index contributed by atoms with van der Waals surface area (Å²) in [4.78, 5) is 4.78. The summed E-state index contributed by atoms with van der Waals surface area (Å²) in [7, 11) is -3.31. The summed E-state index contributed by atoms with van der Waals surface area (Å²) in [5.41, 5.74) is 1.31. The number of benzene rings is 2. The molecule has 0 saturated carbocycles. The van der Waals surface area contributed by atoms with Gasteiger partial charge in [-0.3, -0.25) is 4.99 Å². The van der Waals surface area contributed by atoms with E-state index in [9.17, 15) is 8.42 Å². The first-order valence-corrected chi connectivity index (χ1v) is 11.0. The zero-order valence-corrected chi connectivity index (χ0v) is 16.9. The zero-order chi connectivity index (χ0) is 19.5. The van der Waals surface area contributed by atoms with Crippen molar-refractivity contribution < 1.29 is 8.42 Å². The lowest BCUT2D eigenvalue weighted by Crippen LogP contribution is -2.42. The van der Waals surface area contributed by atoms with Crippen molar-refractivity contribution in [3.8, 4) is 0 Å². The Hall–Kier alpha value is -2.34. The van der Waals surface area contributed by atoms with Crippen LogP contribution in [0.2, 0.25) is 0 Å². The SMILES string of the molecule is CCNC(=NCCS(=O)(=O)c1ccccc1)NC(C)CCc1ccccc1. The fourth-order valence-electron chi connectivity index (χ4n) is 2.68. The molecule has 0 aliphatic carbocycles. The lowest BCUT2D eigenvalue weighted by atomic mass is 10.1. The molecule has 0 aliphatic rings. The highest BCUT2D eigenvalue weighted by atomic mass is 32.2. The van der Waals surface area contributed by atoms with Crippen molar-refractivity contribution >= 4 is 15.8 Å². The predicted molar refractivity (Wildman–Crippen MR) is 112 cm³/mol. The summed E-state index contributed by atoms with van der Waals surface area (Å²) in [6.07, 6.45) is 1.95. The fraction of sp³-hybridized carbons (Fsp3) is 0.381. The molecule has 0 radical (unpaired) electrons. The molecule has 2 rings (SSSR count). The summed E-state index contributed by atoms with van der Waals surface area (Å²) in [6.45, 7) is 5.05. The van der Waals surface area contributed by atoms with E-state index in [0.717, 1.165) is 19.4 Å². The number of nitrogens with zero attached hydrogens (tertiary/aromatic N) is 1. The van der Waals surface area contributed by atoms with Gasteiger partial charge in [-0.25, -0.2) is 8.42 Å². The van der Waals surface area contributed by atoms with E-state index in [0.29, 0.717) is 10.9 Å². The van der Waals surface area contributed by atoms with E-state index in [1.165, 1.54) is 5.56 Å². The molecule has 2 N–H and O–H groups in total. The van der Waals surface area contributed by atoms with Crippen molar-refractivity contribution in [3.05, 3.63) is 66.2 Å². The third-order valence-electron chi connectivity index (χ3n) is 4.17. The minimum atomic E-state index is -3.31. The van der Waals surface area contributed by atoms with Crippen LogP contribution in [0.25, 0.3) is 0 Å². The Balaban J connectivity index is 1.87. The Bertz CT molecular complexity index is 806. The fourth-order valence-corrected chi connectivity index (χ4v) is 3.82. The first-order chi connectivity index (χ1) is 13.0. The van der Waals surface area contributed by atoms with E-state index >= 15 is 0 Å². The second-order valence-corrected chi connectivity index (χ2v) is 8.57. The van der Waals surface area contributed by atoms with Crippen LogP contribution in [0.15, 0.2) is 70.6 Å². The Morgan fingerprint density at radius 1 is 1.04 bits per heavy atom. The molecule has 27 heavy (non-hydrogen) atoms. The highest BCUT2D eigenvalue weighted by Gasteiger charge is 2.13. The maximum atomic E-state index is 12.3. The van der Waals surface area contributed by atoms with Gasteiger partial charge in [-0.1, -0.05) is 48.5 Å². The first-order valence-electron chi connectivity index (χ1n) is 9.38. The van der Waals surface area contributed by atoms with Crippen LogP contribution in [0, 0.1) is 0 Å². The van der Waals surface area contributed by atoms with Crippen molar-refractivity contribution in [2.75, 3.05) is 18.8 Å². The van der Waals surface area contributed by atoms with E-state index in [2.05, 4.69) is 34.7 Å². The number of aliphatic imine (C=N–C) groups is 1. The van der Waals surface area contributed by atoms with E-state index < -0.39 is 9.84 Å². The summed E-state index contributed by atoms with van der Waals surface area (Å²) in [5.74, 6) is 0.646. The molecule has 0 saturated heterocycles. The average molecular weight is 388 g/mol. The minimum Gasteiger partial charge on any atom is -0.357 e. The molecule has 0 fully saturated rings. The van der Waals surface area contributed by atoms with Crippen LogP contribution in [0.4, 0.5) is 0 Å². The van der Waals surface area contributed by atoms with Crippen molar-refractivity contribution in [3.63, 3.8) is 0 Å². The molecule has 1 unspecified atom stereocenters. The molecule has 146 valence electrons. The summed E-state index contributed by atoms with van der Waals surface area (Å²) >= 11 is 0. The van der Waals surface area contributed by atoms with Crippen LogP contribution in [0.1, 0.15) is 25.8 Å². The van der Waals surface area contributed by atoms with Gasteiger partial charge in [0.2, 0.25) is 0 Å². The van der Waals surface area contributed by atoms with Crippen LogP contribution < -0.4 is 10.6 Å². The molecule has 0 heterocycles. The Morgan fingerprint density at radius 3 is 2.30 bits per heavy atom. The third kappa shape index (κ3) is 7.43. The number of sulfone groups is 1. The lowest BCUT2D eigenvalue weighted by Gasteiger charge is -2.18. The second kappa shape index (κ2) is 10.7. The summed E-state index contributed by atoms with van der Waals surface area (Å²) < 4.78 is 24.7. The van der Waals surface area contributed by atoms with Gasteiger partial charge in [-0.15, -0.1) is 0 Å². The van der Waals surface area contributed by atoms with Crippen molar-refractivity contribution in [2.24, 2.45) is 4.99 Å². The minimum absolute atomic E-state index is 0.00795. The standard InChI is InChI=1S/C21H29N3O2S/c1-3-22-21(24-18(2)14-15-19-10-6-4-7-11-19)23-16-17-27(25,26)20-12-8-5-9-13-20/h4-13,18H,3,14-17H2,1-2H3,(H2,22,23,24). The van der Waals surface area contributed by atoms with Gasteiger partial charge >= 0.3 is 0 Å². The molecular weight excluding hydrogens is 358 g/mol. The van der Waals surface area contributed by atoms with Crippen LogP contribution in [-0.4, -0.2) is 39.3 Å². The molecule has 2 aromatic carbocycles. The van der Waals surface area contributed by atoms with Crippen molar-refractivity contribution in [2.45, 2.75) is 37.6 Å². The summed E-state index contributed by atoms with van der Waals surface area (Å²) in [5, 5.41) is 6.54.